The number of nitrogens with zero attached hydrogens (tertiary/aromatic N) is 3. The lowest BCUT2D eigenvalue weighted by molar-refractivity contribution is -0.128. The van der Waals surface area contributed by atoms with E-state index >= 15 is 0 Å². The highest BCUT2D eigenvalue weighted by molar-refractivity contribution is 6.31. The van der Waals surface area contributed by atoms with Crippen molar-refractivity contribution in [3.63, 3.8) is 0 Å². The summed E-state index contributed by atoms with van der Waals surface area (Å²) < 4.78 is 2.08. The van der Waals surface area contributed by atoms with Gasteiger partial charge in [-0.25, -0.2) is 4.98 Å². The number of hydrogen-bond donors (Lipinski definition) is 0. The molecule has 5 heteroatoms. The lowest BCUT2D eigenvalue weighted by Crippen LogP contribution is -2.25. The van der Waals surface area contributed by atoms with E-state index in [1.807, 2.05) is 18.2 Å². The number of aromatic nitrogens is 2. The molecule has 18 heavy (non-hydrogen) atoms. The Balaban J connectivity index is 2.47. The minimum atomic E-state index is 0.0303. The minimum Gasteiger partial charge on any atom is -0.339 e. The third kappa shape index (κ3) is 2.34. The summed E-state index contributed by atoms with van der Waals surface area (Å²) in [6.45, 7) is 4.92. The first kappa shape index (κ1) is 12.9. The summed E-state index contributed by atoms with van der Waals surface area (Å²) in [6, 6.07) is 5.64. The van der Waals surface area contributed by atoms with E-state index in [1.165, 1.54) is 0 Å². The molecule has 4 nitrogen and oxygen atoms in total. The molecule has 0 saturated heterocycles. The molecule has 1 heterocycles. The predicted molar refractivity (Wildman–Crippen MR) is 72.6 cm³/mol. The van der Waals surface area contributed by atoms with Gasteiger partial charge in [0.05, 0.1) is 17.6 Å². The van der Waals surface area contributed by atoms with Gasteiger partial charge in [-0.05, 0) is 25.1 Å². The van der Waals surface area contributed by atoms with Crippen LogP contribution in [0.3, 0.4) is 0 Å². The Bertz CT molecular complexity index is 591. The van der Waals surface area contributed by atoms with Crippen LogP contribution in [0.5, 0.6) is 0 Å². The van der Waals surface area contributed by atoms with E-state index < -0.39 is 0 Å². The predicted octanol–water partition coefficient (Wildman–Crippen LogP) is 2.69. The van der Waals surface area contributed by atoms with Crippen LogP contribution in [0.15, 0.2) is 18.2 Å². The Labute approximate surface area is 111 Å². The number of imidazole rings is 1. The van der Waals surface area contributed by atoms with Crippen LogP contribution in [0.2, 0.25) is 5.02 Å². The largest absolute Gasteiger partial charge is 0.339 e. The van der Waals surface area contributed by atoms with Gasteiger partial charge in [-0.3, -0.25) is 4.79 Å². The molecule has 0 N–H and O–H groups in total. The van der Waals surface area contributed by atoms with Gasteiger partial charge in [0.2, 0.25) is 5.91 Å². The molecule has 0 spiro atoms. The van der Waals surface area contributed by atoms with Gasteiger partial charge in [-0.2, -0.15) is 0 Å². The zero-order valence-corrected chi connectivity index (χ0v) is 11.5. The maximum Gasteiger partial charge on any atom is 0.219 e. The van der Waals surface area contributed by atoms with E-state index in [-0.39, 0.29) is 5.91 Å². The Hall–Kier alpha value is -1.55. The summed E-state index contributed by atoms with van der Waals surface area (Å²) in [5.41, 5.74) is 1.92. The Morgan fingerprint density at radius 3 is 2.83 bits per heavy atom. The van der Waals surface area contributed by atoms with Gasteiger partial charge in [0.15, 0.2) is 0 Å². The average molecular weight is 266 g/mol. The summed E-state index contributed by atoms with van der Waals surface area (Å²) in [6.07, 6.45) is 0. The first-order valence-corrected chi connectivity index (χ1v) is 6.27. The number of carbonyl (C=O) groups excluding carboxylic acids is 1. The van der Waals surface area contributed by atoms with Crippen LogP contribution in [0.25, 0.3) is 11.0 Å². The van der Waals surface area contributed by atoms with Crippen LogP contribution in [0.1, 0.15) is 19.7 Å². The lowest BCUT2D eigenvalue weighted by Gasteiger charge is -2.15. The quantitative estimate of drug-likeness (QED) is 0.856. The number of halogens is 1. The first-order chi connectivity index (χ1) is 8.52. The number of fused-ring (bicyclic) bond motifs is 1. The van der Waals surface area contributed by atoms with Crippen LogP contribution in [-0.2, 0) is 17.9 Å². The van der Waals surface area contributed by atoms with Crippen LogP contribution in [0.4, 0.5) is 0 Å². The number of carbonyl (C=O) groups is 1. The van der Waals surface area contributed by atoms with Crippen LogP contribution in [-0.4, -0.2) is 27.4 Å². The fourth-order valence-corrected chi connectivity index (χ4v) is 2.11. The maximum absolute atomic E-state index is 11.3. The highest BCUT2D eigenvalue weighted by Crippen LogP contribution is 2.21. The van der Waals surface area contributed by atoms with E-state index in [2.05, 4.69) is 16.5 Å². The summed E-state index contributed by atoms with van der Waals surface area (Å²) in [7, 11) is 1.77. The molecule has 1 aromatic carbocycles. The number of amides is 1. The second-order valence-corrected chi connectivity index (χ2v) is 4.72. The minimum absolute atomic E-state index is 0.0303. The topological polar surface area (TPSA) is 38.1 Å². The molecule has 0 aliphatic carbocycles. The summed E-state index contributed by atoms with van der Waals surface area (Å²) in [5.74, 6) is 0.912. The SMILES string of the molecule is CCn1c(CN(C)C(C)=O)nc2ccc(Cl)cc21. The molecule has 0 aliphatic heterocycles. The van der Waals surface area contributed by atoms with Crippen LogP contribution < -0.4 is 0 Å². The third-order valence-corrected chi connectivity index (χ3v) is 3.26. The first-order valence-electron chi connectivity index (χ1n) is 5.89. The van der Waals surface area contributed by atoms with Crippen molar-refractivity contribution in [1.82, 2.24) is 14.5 Å². The molecule has 0 bridgehead atoms. The number of hydrogen-bond acceptors (Lipinski definition) is 2. The van der Waals surface area contributed by atoms with Crippen molar-refractivity contribution in [3.8, 4) is 0 Å². The molecule has 2 aromatic rings. The van der Waals surface area contributed by atoms with Crippen molar-refractivity contribution < 1.29 is 4.79 Å². The van der Waals surface area contributed by atoms with Crippen molar-refractivity contribution in [2.75, 3.05) is 7.05 Å². The molecule has 1 aromatic heterocycles. The molecule has 1 amide bonds. The molecule has 0 radical (unpaired) electrons. The van der Waals surface area contributed by atoms with Gasteiger partial charge in [-0.1, -0.05) is 11.6 Å². The van der Waals surface area contributed by atoms with Gasteiger partial charge in [0.25, 0.3) is 0 Å². The van der Waals surface area contributed by atoms with Crippen molar-refractivity contribution in [2.24, 2.45) is 0 Å². The molecule has 0 atom stereocenters. The second kappa shape index (κ2) is 4.98. The molecule has 0 saturated carbocycles. The highest BCUT2D eigenvalue weighted by atomic mass is 35.5. The molecule has 2 rings (SSSR count). The zero-order chi connectivity index (χ0) is 13.3. The summed E-state index contributed by atoms with van der Waals surface area (Å²) in [4.78, 5) is 17.5. The van der Waals surface area contributed by atoms with Crippen molar-refractivity contribution in [2.45, 2.75) is 26.9 Å². The molecular weight excluding hydrogens is 250 g/mol. The molecule has 0 fully saturated rings. The average Bonchev–Trinajstić information content (AvgIpc) is 2.65. The number of rotatable bonds is 3. The van der Waals surface area contributed by atoms with Crippen LogP contribution in [0, 0.1) is 0 Å². The lowest BCUT2D eigenvalue weighted by atomic mass is 10.3. The zero-order valence-electron chi connectivity index (χ0n) is 10.8. The van der Waals surface area contributed by atoms with Gasteiger partial charge in [0.1, 0.15) is 5.82 Å². The van der Waals surface area contributed by atoms with E-state index in [9.17, 15) is 4.79 Å². The Kier molecular flexibility index (Phi) is 3.57. The number of aryl methyl sites for hydroxylation is 1. The van der Waals surface area contributed by atoms with Gasteiger partial charge < -0.3 is 9.47 Å². The van der Waals surface area contributed by atoms with Gasteiger partial charge in [0, 0.05) is 25.5 Å². The Morgan fingerprint density at radius 2 is 2.22 bits per heavy atom. The molecule has 0 unspecified atom stereocenters. The summed E-state index contributed by atoms with van der Waals surface area (Å²) in [5, 5.41) is 0.698. The Morgan fingerprint density at radius 1 is 1.50 bits per heavy atom. The highest BCUT2D eigenvalue weighted by Gasteiger charge is 2.12. The van der Waals surface area contributed by atoms with Crippen molar-refractivity contribution in [1.29, 1.82) is 0 Å². The maximum atomic E-state index is 11.3. The molecule has 96 valence electrons. The molecule has 0 aliphatic rings. The monoisotopic (exact) mass is 265 g/mol. The second-order valence-electron chi connectivity index (χ2n) is 4.28. The van der Waals surface area contributed by atoms with Crippen molar-refractivity contribution >= 4 is 28.5 Å². The molecular formula is C13H16ClN3O. The standard InChI is InChI=1S/C13H16ClN3O/c1-4-17-12-7-10(14)5-6-11(12)15-13(17)8-16(3)9(2)18/h5-7H,4,8H2,1-3H3. The van der Waals surface area contributed by atoms with E-state index in [4.69, 9.17) is 11.6 Å². The van der Waals surface area contributed by atoms with E-state index in [1.54, 1.807) is 18.9 Å². The summed E-state index contributed by atoms with van der Waals surface area (Å²) >= 11 is 6.01. The van der Waals surface area contributed by atoms with Crippen molar-refractivity contribution in [3.05, 3.63) is 29.0 Å². The fourth-order valence-electron chi connectivity index (χ4n) is 1.94. The third-order valence-electron chi connectivity index (χ3n) is 3.02. The van der Waals surface area contributed by atoms with E-state index in [0.29, 0.717) is 11.6 Å². The van der Waals surface area contributed by atoms with Gasteiger partial charge in [-0.15, -0.1) is 0 Å². The van der Waals surface area contributed by atoms with Crippen LogP contribution >= 0.6 is 11.6 Å². The van der Waals surface area contributed by atoms with Gasteiger partial charge >= 0.3 is 0 Å². The smallest absolute Gasteiger partial charge is 0.219 e. The normalized spacial score (nSPS) is 10.9. The number of benzene rings is 1. The van der Waals surface area contributed by atoms with E-state index in [0.717, 1.165) is 23.4 Å². The fraction of sp³-hybridized carbons (Fsp3) is 0.385.